The summed E-state index contributed by atoms with van der Waals surface area (Å²) in [6, 6.07) is 15.9. The summed E-state index contributed by atoms with van der Waals surface area (Å²) >= 11 is 0. The van der Waals surface area contributed by atoms with Gasteiger partial charge in [-0.05, 0) is 42.1 Å². The van der Waals surface area contributed by atoms with Crippen LogP contribution in [0, 0.1) is 11.8 Å². The molecule has 0 saturated heterocycles. The summed E-state index contributed by atoms with van der Waals surface area (Å²) in [5, 5.41) is 8.72. The molecule has 154 valence electrons. The number of amides is 3. The van der Waals surface area contributed by atoms with Crippen LogP contribution in [0.15, 0.2) is 54.6 Å². The largest absolute Gasteiger partial charge is 0.326 e. The molecule has 1 aliphatic carbocycles. The molecule has 0 heterocycles. The zero-order valence-electron chi connectivity index (χ0n) is 17.1. The second kappa shape index (κ2) is 10.8. The van der Waals surface area contributed by atoms with Gasteiger partial charge in [-0.1, -0.05) is 75.4 Å². The monoisotopic (exact) mass is 393 g/mol. The number of carbonyl (C=O) groups excluding carboxylic acids is 2. The molecule has 3 rings (SSSR count). The molecule has 5 heteroatoms. The second-order valence-corrected chi connectivity index (χ2v) is 7.94. The third kappa shape index (κ3) is 6.43. The van der Waals surface area contributed by atoms with Gasteiger partial charge in [0.15, 0.2) is 0 Å². The van der Waals surface area contributed by atoms with Gasteiger partial charge in [0, 0.05) is 17.8 Å². The number of nitrogens with one attached hydrogen (secondary N) is 3. The van der Waals surface area contributed by atoms with Crippen LogP contribution in [0.1, 0.15) is 54.9 Å². The Kier molecular flexibility index (Phi) is 7.82. The number of carbonyl (C=O) groups is 2. The van der Waals surface area contributed by atoms with Crippen molar-refractivity contribution >= 4 is 17.6 Å². The summed E-state index contributed by atoms with van der Waals surface area (Å²) in [5.74, 6) is 1.06. The molecular weight excluding hydrogens is 362 g/mol. The highest BCUT2D eigenvalue weighted by atomic mass is 16.2. The fourth-order valence-electron chi connectivity index (χ4n) is 4.02. The van der Waals surface area contributed by atoms with Crippen LogP contribution in [0.5, 0.6) is 0 Å². The van der Waals surface area contributed by atoms with Crippen LogP contribution in [-0.4, -0.2) is 18.5 Å². The maximum Gasteiger partial charge on any atom is 0.326 e. The van der Waals surface area contributed by atoms with E-state index in [9.17, 15) is 9.59 Å². The van der Waals surface area contributed by atoms with Gasteiger partial charge in [0.1, 0.15) is 0 Å². The molecule has 29 heavy (non-hydrogen) atoms. The zero-order chi connectivity index (χ0) is 20.5. The van der Waals surface area contributed by atoms with Crippen molar-refractivity contribution in [2.24, 2.45) is 11.8 Å². The first-order chi connectivity index (χ1) is 14.1. The van der Waals surface area contributed by atoms with Crippen molar-refractivity contribution in [3.05, 3.63) is 65.7 Å². The number of urea groups is 1. The molecule has 0 aliphatic heterocycles. The highest BCUT2D eigenvalue weighted by Crippen LogP contribution is 2.29. The first-order valence-electron chi connectivity index (χ1n) is 10.6. The minimum Gasteiger partial charge on any atom is -0.312 e. The predicted octanol–water partition coefficient (Wildman–Crippen LogP) is 4.95. The Morgan fingerprint density at radius 2 is 1.66 bits per heavy atom. The minimum absolute atomic E-state index is 0.417. The molecular formula is C24H31N3O2. The number of hydrogen-bond donors (Lipinski definition) is 3. The van der Waals surface area contributed by atoms with E-state index >= 15 is 0 Å². The van der Waals surface area contributed by atoms with Crippen LogP contribution in [0.4, 0.5) is 10.5 Å². The summed E-state index contributed by atoms with van der Waals surface area (Å²) in [4.78, 5) is 24.4. The molecule has 1 aliphatic rings. The maximum atomic E-state index is 12.3. The van der Waals surface area contributed by atoms with Crippen LogP contribution in [-0.2, 0) is 6.54 Å². The maximum absolute atomic E-state index is 12.3. The molecule has 2 aromatic carbocycles. The van der Waals surface area contributed by atoms with Crippen LogP contribution in [0.25, 0.3) is 0 Å². The number of benzene rings is 2. The SMILES string of the molecule is CC(CNCc1ccccc1NC(=O)NC(=O)c1ccccc1)C1CCCCC1. The lowest BCUT2D eigenvalue weighted by Gasteiger charge is -2.28. The van der Waals surface area contributed by atoms with E-state index in [1.54, 1.807) is 24.3 Å². The quantitative estimate of drug-likeness (QED) is 0.623. The van der Waals surface area contributed by atoms with Gasteiger partial charge in [0.25, 0.3) is 5.91 Å². The van der Waals surface area contributed by atoms with E-state index in [0.717, 1.165) is 18.0 Å². The van der Waals surface area contributed by atoms with E-state index in [1.807, 2.05) is 30.3 Å². The van der Waals surface area contributed by atoms with Crippen molar-refractivity contribution in [1.29, 1.82) is 0 Å². The van der Waals surface area contributed by atoms with E-state index in [2.05, 4.69) is 22.9 Å². The standard InChI is InChI=1S/C24H31N3O2/c1-18(19-10-4-2-5-11-19)16-25-17-21-14-8-9-15-22(21)26-24(29)27-23(28)20-12-6-3-7-13-20/h3,6-9,12-15,18-19,25H,2,4-5,10-11,16-17H2,1H3,(H2,26,27,28,29). The summed E-state index contributed by atoms with van der Waals surface area (Å²) in [7, 11) is 0. The smallest absolute Gasteiger partial charge is 0.312 e. The van der Waals surface area contributed by atoms with E-state index in [-0.39, 0.29) is 0 Å². The number of rotatable bonds is 7. The van der Waals surface area contributed by atoms with E-state index < -0.39 is 11.9 Å². The molecule has 2 aromatic rings. The van der Waals surface area contributed by atoms with Gasteiger partial charge in [-0.15, -0.1) is 0 Å². The number of para-hydroxylation sites is 1. The molecule has 0 bridgehead atoms. The number of hydrogen-bond acceptors (Lipinski definition) is 3. The van der Waals surface area contributed by atoms with Crippen LogP contribution in [0.3, 0.4) is 0 Å². The van der Waals surface area contributed by atoms with Gasteiger partial charge in [-0.3, -0.25) is 10.1 Å². The first-order valence-corrected chi connectivity index (χ1v) is 10.6. The van der Waals surface area contributed by atoms with E-state index in [0.29, 0.717) is 23.7 Å². The lowest BCUT2D eigenvalue weighted by Crippen LogP contribution is -2.34. The Hall–Kier alpha value is -2.66. The lowest BCUT2D eigenvalue weighted by atomic mass is 9.81. The third-order valence-electron chi connectivity index (χ3n) is 5.76. The summed E-state index contributed by atoms with van der Waals surface area (Å²) in [5.41, 5.74) is 2.17. The molecule has 0 aromatic heterocycles. The molecule has 0 radical (unpaired) electrons. The Labute approximate surface area is 173 Å². The van der Waals surface area contributed by atoms with Crippen LogP contribution in [0.2, 0.25) is 0 Å². The Morgan fingerprint density at radius 1 is 0.966 bits per heavy atom. The normalized spacial score (nSPS) is 15.5. The Balaban J connectivity index is 1.50. The average Bonchev–Trinajstić information content (AvgIpc) is 2.76. The van der Waals surface area contributed by atoms with E-state index in [1.165, 1.54) is 32.1 Å². The van der Waals surface area contributed by atoms with Crippen molar-refractivity contribution in [3.63, 3.8) is 0 Å². The minimum atomic E-state index is -0.526. The second-order valence-electron chi connectivity index (χ2n) is 7.94. The van der Waals surface area contributed by atoms with Crippen molar-refractivity contribution in [3.8, 4) is 0 Å². The first kappa shape index (κ1) is 21.1. The van der Waals surface area contributed by atoms with Gasteiger partial charge >= 0.3 is 6.03 Å². The summed E-state index contributed by atoms with van der Waals surface area (Å²) in [6.45, 7) is 3.98. The van der Waals surface area contributed by atoms with Crippen LogP contribution < -0.4 is 16.0 Å². The summed E-state index contributed by atoms with van der Waals surface area (Å²) in [6.07, 6.45) is 6.79. The molecule has 0 spiro atoms. The fourth-order valence-corrected chi connectivity index (χ4v) is 4.02. The third-order valence-corrected chi connectivity index (χ3v) is 5.76. The topological polar surface area (TPSA) is 70.2 Å². The lowest BCUT2D eigenvalue weighted by molar-refractivity contribution is 0.0967. The number of anilines is 1. The molecule has 1 fully saturated rings. The number of imide groups is 1. The molecule has 1 atom stereocenters. The zero-order valence-corrected chi connectivity index (χ0v) is 17.1. The Bertz CT molecular complexity index is 801. The van der Waals surface area contributed by atoms with Gasteiger partial charge in [-0.2, -0.15) is 0 Å². The van der Waals surface area contributed by atoms with Gasteiger partial charge in [0.05, 0.1) is 0 Å². The van der Waals surface area contributed by atoms with Gasteiger partial charge in [0.2, 0.25) is 0 Å². The fraction of sp³-hybridized carbons (Fsp3) is 0.417. The van der Waals surface area contributed by atoms with Gasteiger partial charge in [-0.25, -0.2) is 4.79 Å². The molecule has 1 unspecified atom stereocenters. The van der Waals surface area contributed by atoms with Crippen molar-refractivity contribution in [2.75, 3.05) is 11.9 Å². The average molecular weight is 394 g/mol. The van der Waals surface area contributed by atoms with Crippen LogP contribution >= 0.6 is 0 Å². The predicted molar refractivity (Wildman–Crippen MR) is 117 cm³/mol. The van der Waals surface area contributed by atoms with Crippen molar-refractivity contribution in [1.82, 2.24) is 10.6 Å². The molecule has 5 nitrogen and oxygen atoms in total. The van der Waals surface area contributed by atoms with E-state index in [4.69, 9.17) is 0 Å². The van der Waals surface area contributed by atoms with Gasteiger partial charge < -0.3 is 10.6 Å². The molecule has 1 saturated carbocycles. The highest BCUT2D eigenvalue weighted by Gasteiger charge is 2.19. The molecule has 3 N–H and O–H groups in total. The summed E-state index contributed by atoms with van der Waals surface area (Å²) < 4.78 is 0. The highest BCUT2D eigenvalue weighted by molar-refractivity contribution is 6.08. The molecule has 3 amide bonds. The Morgan fingerprint density at radius 3 is 2.41 bits per heavy atom. The van der Waals surface area contributed by atoms with Crippen molar-refractivity contribution < 1.29 is 9.59 Å². The van der Waals surface area contributed by atoms with Crippen molar-refractivity contribution in [2.45, 2.75) is 45.6 Å².